The van der Waals surface area contributed by atoms with E-state index in [0.29, 0.717) is 22.8 Å². The van der Waals surface area contributed by atoms with Gasteiger partial charge in [0.1, 0.15) is 0 Å². The maximum Gasteiger partial charge on any atom is 0.247 e. The molecule has 0 saturated heterocycles. The summed E-state index contributed by atoms with van der Waals surface area (Å²) in [6.45, 7) is 1.78. The van der Waals surface area contributed by atoms with Crippen LogP contribution in [0.5, 0.6) is 11.5 Å². The van der Waals surface area contributed by atoms with E-state index >= 15 is 0 Å². The van der Waals surface area contributed by atoms with Gasteiger partial charge in [0, 0.05) is 22.2 Å². The van der Waals surface area contributed by atoms with Crippen molar-refractivity contribution >= 4 is 34.9 Å². The first-order valence-corrected chi connectivity index (χ1v) is 8.19. The lowest BCUT2D eigenvalue weighted by Crippen LogP contribution is -2.33. The maximum absolute atomic E-state index is 12.0. The fraction of sp³-hybridized carbons (Fsp3) is 0.176. The lowest BCUT2D eigenvalue weighted by Gasteiger charge is -2.08. The smallest absolute Gasteiger partial charge is 0.247 e. The second kappa shape index (κ2) is 7.18. The van der Waals surface area contributed by atoms with Crippen molar-refractivity contribution in [1.29, 1.82) is 0 Å². The van der Waals surface area contributed by atoms with Crippen molar-refractivity contribution in [3.8, 4) is 11.5 Å². The molecule has 24 heavy (non-hydrogen) atoms. The molecular weight excluding hydrogens is 328 g/mol. The zero-order valence-electron chi connectivity index (χ0n) is 13.0. The SMILES string of the molecule is C/C(=C\c1cccs1)C(=O)NCC(=O)Nc1ccc2c(c1)OCO2. The minimum absolute atomic E-state index is 0.108. The molecule has 2 N–H and O–H groups in total. The topological polar surface area (TPSA) is 76.7 Å². The Morgan fingerprint density at radius 3 is 2.88 bits per heavy atom. The van der Waals surface area contributed by atoms with Crippen molar-refractivity contribution in [3.63, 3.8) is 0 Å². The molecule has 1 aromatic heterocycles. The minimum atomic E-state index is -0.314. The molecule has 0 saturated carbocycles. The van der Waals surface area contributed by atoms with Crippen LogP contribution in [0.2, 0.25) is 0 Å². The number of rotatable bonds is 5. The van der Waals surface area contributed by atoms with Gasteiger partial charge in [0.15, 0.2) is 11.5 Å². The molecule has 1 aromatic carbocycles. The third-order valence-corrected chi connectivity index (χ3v) is 4.15. The molecule has 0 radical (unpaired) electrons. The van der Waals surface area contributed by atoms with Crippen molar-refractivity contribution in [2.24, 2.45) is 0 Å². The predicted octanol–water partition coefficient (Wildman–Crippen LogP) is 2.64. The quantitative estimate of drug-likeness (QED) is 0.818. The van der Waals surface area contributed by atoms with Crippen LogP contribution in [-0.4, -0.2) is 25.2 Å². The number of ether oxygens (including phenoxy) is 2. The molecule has 7 heteroatoms. The molecule has 0 aliphatic carbocycles. The number of benzene rings is 1. The summed E-state index contributed by atoms with van der Waals surface area (Å²) in [4.78, 5) is 24.9. The minimum Gasteiger partial charge on any atom is -0.454 e. The second-order valence-electron chi connectivity index (χ2n) is 5.14. The van der Waals surface area contributed by atoms with E-state index in [1.807, 2.05) is 17.5 Å². The number of nitrogens with one attached hydrogen (secondary N) is 2. The Bertz CT molecular complexity index is 784. The molecule has 1 aliphatic rings. The van der Waals surface area contributed by atoms with Crippen LogP contribution >= 0.6 is 11.3 Å². The monoisotopic (exact) mass is 344 g/mol. The van der Waals surface area contributed by atoms with E-state index in [2.05, 4.69) is 10.6 Å². The van der Waals surface area contributed by atoms with Gasteiger partial charge in [0.2, 0.25) is 18.6 Å². The van der Waals surface area contributed by atoms with Crippen LogP contribution < -0.4 is 20.1 Å². The predicted molar refractivity (Wildman–Crippen MR) is 92.2 cm³/mol. The first-order chi connectivity index (χ1) is 11.6. The summed E-state index contributed by atoms with van der Waals surface area (Å²) in [5.74, 6) is 0.651. The van der Waals surface area contributed by atoms with Crippen molar-refractivity contribution in [2.45, 2.75) is 6.92 Å². The molecule has 124 valence electrons. The fourth-order valence-electron chi connectivity index (χ4n) is 2.13. The first-order valence-electron chi connectivity index (χ1n) is 7.31. The summed E-state index contributed by atoms with van der Waals surface area (Å²) in [6, 6.07) is 8.97. The number of carbonyl (C=O) groups is 2. The first kappa shape index (κ1) is 16.1. The zero-order chi connectivity index (χ0) is 16.9. The average Bonchev–Trinajstić information content (AvgIpc) is 3.23. The van der Waals surface area contributed by atoms with Crippen molar-refractivity contribution < 1.29 is 19.1 Å². The number of fused-ring (bicyclic) bond motifs is 1. The average molecular weight is 344 g/mol. The lowest BCUT2D eigenvalue weighted by molar-refractivity contribution is -0.121. The summed E-state index contributed by atoms with van der Waals surface area (Å²) in [5.41, 5.74) is 1.14. The zero-order valence-corrected chi connectivity index (χ0v) is 13.8. The Kier molecular flexibility index (Phi) is 4.81. The molecule has 2 amide bonds. The molecule has 2 heterocycles. The normalized spacial score (nSPS) is 12.8. The van der Waals surface area contributed by atoms with E-state index in [1.165, 1.54) is 0 Å². The summed E-state index contributed by atoms with van der Waals surface area (Å²) >= 11 is 1.55. The Morgan fingerprint density at radius 1 is 1.25 bits per heavy atom. The van der Waals surface area contributed by atoms with Gasteiger partial charge in [-0.3, -0.25) is 9.59 Å². The highest BCUT2D eigenvalue weighted by Crippen LogP contribution is 2.34. The van der Waals surface area contributed by atoms with Gasteiger partial charge in [0.25, 0.3) is 0 Å². The van der Waals surface area contributed by atoms with Gasteiger partial charge in [-0.15, -0.1) is 11.3 Å². The number of thiophene rings is 1. The van der Waals surface area contributed by atoms with Gasteiger partial charge in [-0.05, 0) is 36.6 Å². The van der Waals surface area contributed by atoms with Crippen LogP contribution in [0.1, 0.15) is 11.8 Å². The molecule has 0 atom stereocenters. The molecular formula is C17H16N2O4S. The third kappa shape index (κ3) is 3.94. The van der Waals surface area contributed by atoms with Crippen molar-refractivity contribution in [2.75, 3.05) is 18.7 Å². The maximum atomic E-state index is 12.0. The van der Waals surface area contributed by atoms with Gasteiger partial charge in [-0.1, -0.05) is 6.07 Å². The molecule has 0 unspecified atom stereocenters. The van der Waals surface area contributed by atoms with Gasteiger partial charge < -0.3 is 20.1 Å². The Morgan fingerprint density at radius 2 is 2.08 bits per heavy atom. The molecule has 1 aliphatic heterocycles. The van der Waals surface area contributed by atoms with E-state index in [4.69, 9.17) is 9.47 Å². The van der Waals surface area contributed by atoms with Crippen molar-refractivity contribution in [3.05, 3.63) is 46.2 Å². The highest BCUT2D eigenvalue weighted by atomic mass is 32.1. The highest BCUT2D eigenvalue weighted by molar-refractivity contribution is 7.10. The van der Waals surface area contributed by atoms with Crippen LogP contribution in [0, 0.1) is 0 Å². The molecule has 6 nitrogen and oxygen atoms in total. The van der Waals surface area contributed by atoms with Crippen LogP contribution in [0.15, 0.2) is 41.3 Å². The second-order valence-corrected chi connectivity index (χ2v) is 6.12. The summed E-state index contributed by atoms with van der Waals surface area (Å²) in [7, 11) is 0. The molecule has 0 bridgehead atoms. The van der Waals surface area contributed by atoms with E-state index in [-0.39, 0.29) is 25.2 Å². The summed E-state index contributed by atoms with van der Waals surface area (Å²) < 4.78 is 10.5. The van der Waals surface area contributed by atoms with E-state index < -0.39 is 0 Å². The van der Waals surface area contributed by atoms with Crippen LogP contribution in [0.4, 0.5) is 5.69 Å². The number of carbonyl (C=O) groups excluding carboxylic acids is 2. The highest BCUT2D eigenvalue weighted by Gasteiger charge is 2.14. The molecule has 3 rings (SSSR count). The number of amides is 2. The van der Waals surface area contributed by atoms with E-state index in [9.17, 15) is 9.59 Å². The number of anilines is 1. The Hall–Kier alpha value is -2.80. The van der Waals surface area contributed by atoms with Crippen molar-refractivity contribution in [1.82, 2.24) is 5.32 Å². The van der Waals surface area contributed by atoms with Crippen LogP contribution in [0.25, 0.3) is 6.08 Å². The van der Waals surface area contributed by atoms with Gasteiger partial charge in [-0.25, -0.2) is 0 Å². The van der Waals surface area contributed by atoms with Gasteiger partial charge in [0.05, 0.1) is 6.54 Å². The standard InChI is InChI=1S/C17H16N2O4S/c1-11(7-13-3-2-6-24-13)17(21)18-9-16(20)19-12-4-5-14-15(8-12)23-10-22-14/h2-8H,9-10H2,1H3,(H,18,21)(H,19,20)/b11-7+. The number of hydrogen-bond donors (Lipinski definition) is 2. The third-order valence-electron chi connectivity index (χ3n) is 3.33. The Balaban J connectivity index is 1.51. The lowest BCUT2D eigenvalue weighted by atomic mass is 10.2. The number of hydrogen-bond acceptors (Lipinski definition) is 5. The Labute approximate surface area is 143 Å². The fourth-order valence-corrected chi connectivity index (χ4v) is 2.85. The molecule has 0 spiro atoms. The van der Waals surface area contributed by atoms with E-state index in [0.717, 1.165) is 4.88 Å². The van der Waals surface area contributed by atoms with Crippen LogP contribution in [-0.2, 0) is 9.59 Å². The van der Waals surface area contributed by atoms with E-state index in [1.54, 1.807) is 42.5 Å². The molecule has 0 fully saturated rings. The summed E-state index contributed by atoms with van der Waals surface area (Å²) in [5, 5.41) is 7.24. The summed E-state index contributed by atoms with van der Waals surface area (Å²) in [6.07, 6.45) is 1.79. The van der Waals surface area contributed by atoms with Gasteiger partial charge >= 0.3 is 0 Å². The largest absolute Gasteiger partial charge is 0.454 e. The van der Waals surface area contributed by atoms with Gasteiger partial charge in [-0.2, -0.15) is 0 Å². The van der Waals surface area contributed by atoms with Crippen LogP contribution in [0.3, 0.4) is 0 Å². The molecule has 2 aromatic rings.